The Morgan fingerprint density at radius 2 is 1.89 bits per heavy atom. The van der Waals surface area contributed by atoms with Crippen LogP contribution in [0.25, 0.3) is 0 Å². The Hall–Kier alpha value is -2.90. The third-order valence-electron chi connectivity index (χ3n) is 4.70. The van der Waals surface area contributed by atoms with E-state index in [1.807, 2.05) is 25.1 Å². The minimum absolute atomic E-state index is 0.0766. The second kappa shape index (κ2) is 8.00. The number of carbonyl (C=O) groups excluding carboxylic acids is 3. The van der Waals surface area contributed by atoms with Crippen LogP contribution in [0.1, 0.15) is 31.0 Å². The van der Waals surface area contributed by atoms with Gasteiger partial charge in [-0.1, -0.05) is 54.1 Å². The minimum Gasteiger partial charge on any atom is -0.318 e. The van der Waals surface area contributed by atoms with Crippen molar-refractivity contribution in [3.8, 4) is 0 Å². The fraction of sp³-hybridized carbons (Fsp3) is 0.250. The number of carbonyl (C=O) groups is 3. The number of hydrazine groups is 1. The Morgan fingerprint density at radius 1 is 1.18 bits per heavy atom. The van der Waals surface area contributed by atoms with Crippen molar-refractivity contribution in [1.29, 1.82) is 0 Å². The summed E-state index contributed by atoms with van der Waals surface area (Å²) in [5, 5.41) is 7.01. The first kappa shape index (κ1) is 19.9. The van der Waals surface area contributed by atoms with Crippen LogP contribution in [0.3, 0.4) is 0 Å². The third-order valence-corrected chi connectivity index (χ3v) is 4.93. The normalized spacial score (nSPS) is 20.0. The van der Waals surface area contributed by atoms with Gasteiger partial charge in [-0.15, -0.1) is 0 Å². The molecule has 1 heterocycles. The van der Waals surface area contributed by atoms with Crippen LogP contribution in [0.2, 0.25) is 5.02 Å². The van der Waals surface area contributed by atoms with E-state index >= 15 is 0 Å². The van der Waals surface area contributed by atoms with Crippen LogP contribution in [0.5, 0.6) is 0 Å². The average molecular weight is 401 g/mol. The second-order valence-corrected chi connectivity index (χ2v) is 7.19. The minimum atomic E-state index is -1.23. The lowest BCUT2D eigenvalue weighted by Crippen LogP contribution is -2.50. The van der Waals surface area contributed by atoms with Crippen molar-refractivity contribution in [2.75, 3.05) is 6.54 Å². The van der Waals surface area contributed by atoms with E-state index in [9.17, 15) is 14.4 Å². The van der Waals surface area contributed by atoms with Crippen LogP contribution in [0, 0.1) is 0 Å². The maximum atomic E-state index is 12.8. The van der Waals surface area contributed by atoms with E-state index in [1.54, 1.807) is 43.3 Å². The summed E-state index contributed by atoms with van der Waals surface area (Å²) < 4.78 is 0. The van der Waals surface area contributed by atoms with Gasteiger partial charge in [0.05, 0.1) is 6.54 Å². The number of halogens is 1. The fourth-order valence-corrected chi connectivity index (χ4v) is 3.21. The molecule has 0 radical (unpaired) electrons. The Bertz CT molecular complexity index is 905. The van der Waals surface area contributed by atoms with Gasteiger partial charge >= 0.3 is 6.03 Å². The number of amides is 4. The molecule has 1 saturated heterocycles. The van der Waals surface area contributed by atoms with Crippen LogP contribution < -0.4 is 16.1 Å². The number of hydrogen-bond donors (Lipinski definition) is 3. The number of benzene rings is 2. The van der Waals surface area contributed by atoms with Crippen LogP contribution in [0.15, 0.2) is 54.6 Å². The van der Waals surface area contributed by atoms with E-state index in [0.29, 0.717) is 10.6 Å². The number of rotatable bonds is 6. The molecule has 1 aliphatic heterocycles. The summed E-state index contributed by atoms with van der Waals surface area (Å²) in [5.41, 5.74) is 2.70. The fourth-order valence-electron chi connectivity index (χ4n) is 3.01. The van der Waals surface area contributed by atoms with E-state index in [0.717, 1.165) is 10.6 Å². The van der Waals surface area contributed by atoms with Crippen molar-refractivity contribution >= 4 is 29.4 Å². The molecule has 7 nitrogen and oxygen atoms in total. The molecule has 0 saturated carbocycles. The molecule has 4 amide bonds. The van der Waals surface area contributed by atoms with Gasteiger partial charge in [0, 0.05) is 11.1 Å². The quantitative estimate of drug-likeness (QED) is 0.650. The first-order valence-electron chi connectivity index (χ1n) is 8.82. The Balaban J connectivity index is 1.61. The molecule has 8 heteroatoms. The van der Waals surface area contributed by atoms with Crippen molar-refractivity contribution < 1.29 is 14.4 Å². The monoisotopic (exact) mass is 400 g/mol. The number of nitrogens with zero attached hydrogens (tertiary/aromatic N) is 1. The molecule has 28 heavy (non-hydrogen) atoms. The van der Waals surface area contributed by atoms with Gasteiger partial charge in [0.1, 0.15) is 5.54 Å². The highest BCUT2D eigenvalue weighted by atomic mass is 35.5. The largest absolute Gasteiger partial charge is 0.344 e. The van der Waals surface area contributed by atoms with Gasteiger partial charge in [0.25, 0.3) is 11.8 Å². The highest BCUT2D eigenvalue weighted by Crippen LogP contribution is 2.27. The number of urea groups is 1. The van der Waals surface area contributed by atoms with Crippen molar-refractivity contribution in [2.45, 2.75) is 25.4 Å². The molecule has 2 aromatic carbocycles. The molecule has 0 unspecified atom stereocenters. The molecule has 1 aliphatic rings. The summed E-state index contributed by atoms with van der Waals surface area (Å²) in [4.78, 5) is 37.3. The summed E-state index contributed by atoms with van der Waals surface area (Å²) >= 11 is 5.98. The van der Waals surface area contributed by atoms with Gasteiger partial charge in [-0.05, 0) is 37.1 Å². The Morgan fingerprint density at radius 3 is 2.57 bits per heavy atom. The number of imide groups is 1. The highest BCUT2D eigenvalue weighted by Gasteiger charge is 2.49. The van der Waals surface area contributed by atoms with Gasteiger partial charge in [-0.3, -0.25) is 15.0 Å². The molecule has 0 aromatic heterocycles. The second-order valence-electron chi connectivity index (χ2n) is 6.75. The highest BCUT2D eigenvalue weighted by molar-refractivity contribution is 6.30. The van der Waals surface area contributed by atoms with Crippen molar-refractivity contribution in [2.24, 2.45) is 0 Å². The third kappa shape index (κ3) is 4.00. The van der Waals surface area contributed by atoms with E-state index in [1.165, 1.54) is 0 Å². The zero-order valence-electron chi connectivity index (χ0n) is 15.5. The predicted octanol–water partition coefficient (Wildman–Crippen LogP) is 2.49. The summed E-state index contributed by atoms with van der Waals surface area (Å²) in [7, 11) is 0. The molecule has 3 N–H and O–H groups in total. The summed E-state index contributed by atoms with van der Waals surface area (Å²) in [6.45, 7) is 3.42. The van der Waals surface area contributed by atoms with Crippen LogP contribution >= 0.6 is 11.6 Å². The van der Waals surface area contributed by atoms with Crippen LogP contribution in [-0.2, 0) is 15.1 Å². The molecule has 2 atom stereocenters. The van der Waals surface area contributed by atoms with Gasteiger partial charge < -0.3 is 10.6 Å². The molecule has 3 rings (SSSR count). The number of nitrogens with one attached hydrogen (secondary N) is 3. The predicted molar refractivity (Wildman–Crippen MR) is 105 cm³/mol. The van der Waals surface area contributed by atoms with Crippen LogP contribution in [-0.4, -0.2) is 29.4 Å². The zero-order chi connectivity index (χ0) is 20.3. The smallest absolute Gasteiger partial charge is 0.318 e. The molecule has 0 aliphatic carbocycles. The molecule has 2 aromatic rings. The first-order chi connectivity index (χ1) is 13.3. The SMILES string of the molecule is C[C@@H](NCC(=O)NN1C(=O)N[C@@](C)(c2ccccc2)C1=O)c1cccc(Cl)c1. The Kier molecular flexibility index (Phi) is 5.67. The molecule has 146 valence electrons. The zero-order valence-corrected chi connectivity index (χ0v) is 16.3. The molecular formula is C20H21ClN4O3. The van der Waals surface area contributed by atoms with Gasteiger partial charge in [-0.2, -0.15) is 5.01 Å². The van der Waals surface area contributed by atoms with E-state index in [4.69, 9.17) is 11.6 Å². The van der Waals surface area contributed by atoms with Crippen molar-refractivity contribution in [3.63, 3.8) is 0 Å². The van der Waals surface area contributed by atoms with E-state index in [-0.39, 0.29) is 12.6 Å². The maximum absolute atomic E-state index is 12.8. The summed E-state index contributed by atoms with van der Waals surface area (Å²) in [6.07, 6.45) is 0. The lowest BCUT2D eigenvalue weighted by Gasteiger charge is -2.22. The maximum Gasteiger partial charge on any atom is 0.344 e. The van der Waals surface area contributed by atoms with Crippen LogP contribution in [0.4, 0.5) is 4.79 Å². The number of hydrogen-bond acceptors (Lipinski definition) is 4. The summed E-state index contributed by atoms with van der Waals surface area (Å²) in [6, 6.07) is 15.4. The van der Waals surface area contributed by atoms with Gasteiger partial charge in [-0.25, -0.2) is 4.79 Å². The first-order valence-corrected chi connectivity index (χ1v) is 9.19. The van der Waals surface area contributed by atoms with Crippen molar-refractivity contribution in [1.82, 2.24) is 21.1 Å². The molecule has 0 bridgehead atoms. The Labute approximate surface area is 168 Å². The lowest BCUT2D eigenvalue weighted by atomic mass is 9.92. The lowest BCUT2D eigenvalue weighted by molar-refractivity contribution is -0.138. The molecule has 0 spiro atoms. The van der Waals surface area contributed by atoms with E-state index < -0.39 is 23.4 Å². The molecular weight excluding hydrogens is 380 g/mol. The van der Waals surface area contributed by atoms with E-state index in [2.05, 4.69) is 16.1 Å². The molecule has 1 fully saturated rings. The van der Waals surface area contributed by atoms with Gasteiger partial charge in [0.15, 0.2) is 0 Å². The standard InChI is InChI=1S/C20H21ClN4O3/c1-13(14-7-6-10-16(21)11-14)22-12-17(26)24-25-18(27)20(2,23-19(25)28)15-8-4-3-5-9-15/h3-11,13,22H,12H2,1-2H3,(H,23,28)(H,24,26)/t13-,20+/m1/s1. The summed E-state index contributed by atoms with van der Waals surface area (Å²) in [5.74, 6) is -1.05. The van der Waals surface area contributed by atoms with Gasteiger partial charge in [0.2, 0.25) is 0 Å². The topological polar surface area (TPSA) is 90.5 Å². The van der Waals surface area contributed by atoms with Crippen molar-refractivity contribution in [3.05, 3.63) is 70.7 Å². The average Bonchev–Trinajstić information content (AvgIpc) is 2.91.